The fourth-order valence-corrected chi connectivity index (χ4v) is 2.59. The van der Waals surface area contributed by atoms with Gasteiger partial charge >= 0.3 is 0 Å². The molecule has 1 aliphatic rings. The van der Waals surface area contributed by atoms with Crippen molar-refractivity contribution in [3.8, 4) is 5.88 Å². The zero-order chi connectivity index (χ0) is 13.0. The van der Waals surface area contributed by atoms with Gasteiger partial charge in [-0.1, -0.05) is 11.6 Å². The van der Waals surface area contributed by atoms with Gasteiger partial charge in [-0.3, -0.25) is 0 Å². The zero-order valence-electron chi connectivity index (χ0n) is 10.4. The molecule has 1 aromatic rings. The number of ether oxygens (including phenoxy) is 2. The summed E-state index contributed by atoms with van der Waals surface area (Å²) < 4.78 is 11.2. The molecule has 0 saturated heterocycles. The molecule has 1 fully saturated rings. The Morgan fingerprint density at radius 3 is 2.83 bits per heavy atom. The molecule has 0 aromatic carbocycles. The van der Waals surface area contributed by atoms with Crippen molar-refractivity contribution in [2.75, 3.05) is 7.11 Å². The van der Waals surface area contributed by atoms with Gasteiger partial charge in [0.05, 0.1) is 6.10 Å². The fraction of sp³-hybridized carbons (Fsp3) is 0.615. The van der Waals surface area contributed by atoms with Crippen molar-refractivity contribution < 1.29 is 9.47 Å². The number of hydrogen-bond acceptors (Lipinski definition) is 3. The first kappa shape index (κ1) is 13.9. The second-order valence-electron chi connectivity index (χ2n) is 4.53. The standard InChI is InChI=1S/C13H17Cl2NO2/c1-17-10-3-2-4-11(6-10)18-13-12(15)5-9(7-14)8-16-13/h5,8,10-11H,2-4,6-7H2,1H3. The highest BCUT2D eigenvalue weighted by Gasteiger charge is 2.24. The Balaban J connectivity index is 2.00. The number of rotatable bonds is 4. The van der Waals surface area contributed by atoms with E-state index < -0.39 is 0 Å². The molecule has 0 bridgehead atoms. The van der Waals surface area contributed by atoms with Crippen LogP contribution in [0.15, 0.2) is 12.3 Å². The summed E-state index contributed by atoms with van der Waals surface area (Å²) in [5, 5.41) is 0.521. The summed E-state index contributed by atoms with van der Waals surface area (Å²) in [6, 6.07) is 1.80. The summed E-state index contributed by atoms with van der Waals surface area (Å²) in [6.07, 6.45) is 6.25. The van der Waals surface area contributed by atoms with Crippen molar-refractivity contribution in [3.05, 3.63) is 22.8 Å². The van der Waals surface area contributed by atoms with Gasteiger partial charge in [0.1, 0.15) is 11.1 Å². The van der Waals surface area contributed by atoms with E-state index in [0.29, 0.717) is 16.8 Å². The average Bonchev–Trinajstić information content (AvgIpc) is 2.41. The molecule has 2 atom stereocenters. The van der Waals surface area contributed by atoms with Crippen molar-refractivity contribution in [3.63, 3.8) is 0 Å². The second-order valence-corrected chi connectivity index (χ2v) is 5.20. The lowest BCUT2D eigenvalue weighted by Crippen LogP contribution is -2.29. The third-order valence-electron chi connectivity index (χ3n) is 3.21. The summed E-state index contributed by atoms with van der Waals surface area (Å²) in [6.45, 7) is 0. The zero-order valence-corrected chi connectivity index (χ0v) is 11.9. The lowest BCUT2D eigenvalue weighted by molar-refractivity contribution is 0.0195. The van der Waals surface area contributed by atoms with Crippen LogP contribution in [0, 0.1) is 0 Å². The molecule has 1 saturated carbocycles. The molecule has 18 heavy (non-hydrogen) atoms. The third kappa shape index (κ3) is 3.50. The highest BCUT2D eigenvalue weighted by Crippen LogP contribution is 2.29. The van der Waals surface area contributed by atoms with Crippen molar-refractivity contribution in [1.29, 1.82) is 0 Å². The van der Waals surface area contributed by atoms with Crippen LogP contribution < -0.4 is 4.74 Å². The highest BCUT2D eigenvalue weighted by atomic mass is 35.5. The van der Waals surface area contributed by atoms with Gasteiger partial charge in [-0.05, 0) is 30.9 Å². The minimum atomic E-state index is 0.135. The van der Waals surface area contributed by atoms with Crippen molar-refractivity contribution >= 4 is 23.2 Å². The van der Waals surface area contributed by atoms with E-state index in [0.717, 1.165) is 31.2 Å². The summed E-state index contributed by atoms with van der Waals surface area (Å²) in [5.41, 5.74) is 0.896. The van der Waals surface area contributed by atoms with E-state index in [4.69, 9.17) is 32.7 Å². The van der Waals surface area contributed by atoms with Gasteiger partial charge in [0, 0.05) is 25.6 Å². The van der Waals surface area contributed by atoms with Crippen LogP contribution in [0.3, 0.4) is 0 Å². The van der Waals surface area contributed by atoms with E-state index >= 15 is 0 Å². The van der Waals surface area contributed by atoms with E-state index in [1.165, 1.54) is 0 Å². The Kier molecular flexibility index (Phi) is 5.10. The largest absolute Gasteiger partial charge is 0.473 e. The van der Waals surface area contributed by atoms with Gasteiger partial charge in [-0.2, -0.15) is 0 Å². The van der Waals surface area contributed by atoms with Crippen LogP contribution in [0.25, 0.3) is 0 Å². The van der Waals surface area contributed by atoms with E-state index in [9.17, 15) is 0 Å². The maximum atomic E-state index is 6.12. The minimum Gasteiger partial charge on any atom is -0.473 e. The van der Waals surface area contributed by atoms with Crippen molar-refractivity contribution in [2.45, 2.75) is 43.8 Å². The van der Waals surface area contributed by atoms with Gasteiger partial charge in [0.15, 0.2) is 0 Å². The lowest BCUT2D eigenvalue weighted by atomic mass is 9.95. The molecule has 0 aliphatic heterocycles. The van der Waals surface area contributed by atoms with Gasteiger partial charge in [-0.15, -0.1) is 11.6 Å². The van der Waals surface area contributed by atoms with Crippen LogP contribution >= 0.6 is 23.2 Å². The first-order chi connectivity index (χ1) is 8.72. The molecule has 2 unspecified atom stereocenters. The van der Waals surface area contributed by atoms with Gasteiger partial charge in [0.25, 0.3) is 0 Å². The SMILES string of the molecule is COC1CCCC(Oc2ncc(CCl)cc2Cl)C1. The number of aromatic nitrogens is 1. The quantitative estimate of drug-likeness (QED) is 0.790. The van der Waals surface area contributed by atoms with Crippen LogP contribution in [0.5, 0.6) is 5.88 Å². The van der Waals surface area contributed by atoms with Crippen molar-refractivity contribution in [2.24, 2.45) is 0 Å². The predicted octanol–water partition coefficient (Wildman–Crippen LogP) is 3.81. The monoisotopic (exact) mass is 289 g/mol. The lowest BCUT2D eigenvalue weighted by Gasteiger charge is -2.28. The van der Waals surface area contributed by atoms with E-state index in [1.807, 2.05) is 0 Å². The average molecular weight is 290 g/mol. The molecule has 1 heterocycles. The van der Waals surface area contributed by atoms with Crippen LogP contribution in [0.2, 0.25) is 5.02 Å². The first-order valence-electron chi connectivity index (χ1n) is 6.12. The molecule has 100 valence electrons. The van der Waals surface area contributed by atoms with Crippen LogP contribution in [0.1, 0.15) is 31.2 Å². The summed E-state index contributed by atoms with van der Waals surface area (Å²) in [7, 11) is 1.74. The van der Waals surface area contributed by atoms with Crippen LogP contribution in [0.4, 0.5) is 0 Å². The van der Waals surface area contributed by atoms with Gasteiger partial charge in [0.2, 0.25) is 5.88 Å². The van der Waals surface area contributed by atoms with Gasteiger partial charge < -0.3 is 9.47 Å². The Morgan fingerprint density at radius 1 is 1.39 bits per heavy atom. The second kappa shape index (κ2) is 6.60. The molecule has 0 N–H and O–H groups in total. The van der Waals surface area contributed by atoms with Crippen LogP contribution in [-0.2, 0) is 10.6 Å². The molecule has 1 aromatic heterocycles. The molecular formula is C13H17Cl2NO2. The number of halogens is 2. The normalized spacial score (nSPS) is 23.9. The summed E-state index contributed by atoms with van der Waals surface area (Å²) in [5.74, 6) is 0.898. The molecule has 0 radical (unpaired) electrons. The molecule has 0 amide bonds. The summed E-state index contributed by atoms with van der Waals surface area (Å²) in [4.78, 5) is 4.21. The number of methoxy groups -OCH3 is 1. The molecule has 2 rings (SSSR count). The number of pyridine rings is 1. The maximum absolute atomic E-state index is 6.12. The Labute approximate surface area is 117 Å². The van der Waals surface area contributed by atoms with E-state index in [1.54, 1.807) is 19.4 Å². The summed E-state index contributed by atoms with van der Waals surface area (Å²) >= 11 is 11.8. The molecule has 3 nitrogen and oxygen atoms in total. The highest BCUT2D eigenvalue weighted by molar-refractivity contribution is 6.32. The number of alkyl halides is 1. The fourth-order valence-electron chi connectivity index (χ4n) is 2.21. The molecular weight excluding hydrogens is 273 g/mol. The van der Waals surface area contributed by atoms with Gasteiger partial charge in [-0.25, -0.2) is 4.98 Å². The molecule has 5 heteroatoms. The Hall–Kier alpha value is -0.510. The predicted molar refractivity (Wildman–Crippen MR) is 72.5 cm³/mol. The smallest absolute Gasteiger partial charge is 0.232 e. The Morgan fingerprint density at radius 2 is 2.17 bits per heavy atom. The van der Waals surface area contributed by atoms with Crippen LogP contribution in [-0.4, -0.2) is 24.3 Å². The maximum Gasteiger partial charge on any atom is 0.232 e. The number of nitrogens with zero attached hydrogens (tertiary/aromatic N) is 1. The number of hydrogen-bond donors (Lipinski definition) is 0. The Bertz CT molecular complexity index is 401. The van der Waals surface area contributed by atoms with E-state index in [-0.39, 0.29) is 12.2 Å². The van der Waals surface area contributed by atoms with E-state index in [2.05, 4.69) is 4.98 Å². The van der Waals surface area contributed by atoms with Crippen molar-refractivity contribution in [1.82, 2.24) is 4.98 Å². The minimum absolute atomic E-state index is 0.135. The topological polar surface area (TPSA) is 31.4 Å². The molecule has 0 spiro atoms. The third-order valence-corrected chi connectivity index (χ3v) is 3.79. The molecule has 1 aliphatic carbocycles. The first-order valence-corrected chi connectivity index (χ1v) is 7.04.